The Kier molecular flexibility index (Phi) is 6.27. The molecule has 0 aromatic rings. The number of likely N-dealkylation sites (tertiary alicyclic amines) is 1. The molecule has 1 aliphatic heterocycles. The van der Waals surface area contributed by atoms with Crippen LogP contribution >= 0.6 is 23.4 Å². The topological polar surface area (TPSA) is 3.24 Å². The molecule has 0 atom stereocenters. The molecule has 1 nitrogen and oxygen atoms in total. The standard InChI is InChI=1S/C9H18ClNS/c10-4-3-8-12-9-7-11-5-1-2-6-11/h1-9H2. The molecule has 0 N–H and O–H groups in total. The zero-order chi connectivity index (χ0) is 8.65. The minimum atomic E-state index is 0.816. The van der Waals surface area contributed by atoms with Crippen LogP contribution in [0.25, 0.3) is 0 Å². The second-order valence-corrected chi connectivity index (χ2v) is 4.81. The maximum absolute atomic E-state index is 5.58. The van der Waals surface area contributed by atoms with E-state index >= 15 is 0 Å². The number of thioether (sulfide) groups is 1. The summed E-state index contributed by atoms with van der Waals surface area (Å²) in [4.78, 5) is 2.56. The maximum Gasteiger partial charge on any atom is 0.0231 e. The molecule has 0 aromatic heterocycles. The smallest absolute Gasteiger partial charge is 0.0231 e. The highest BCUT2D eigenvalue weighted by Crippen LogP contribution is 2.09. The summed E-state index contributed by atoms with van der Waals surface area (Å²) in [6.45, 7) is 3.94. The summed E-state index contributed by atoms with van der Waals surface area (Å²) in [6, 6.07) is 0. The number of hydrogen-bond acceptors (Lipinski definition) is 2. The zero-order valence-electron chi connectivity index (χ0n) is 7.60. The molecule has 0 aliphatic carbocycles. The molecule has 0 spiro atoms. The Morgan fingerprint density at radius 3 is 2.58 bits per heavy atom. The van der Waals surface area contributed by atoms with Crippen molar-refractivity contribution in [2.24, 2.45) is 0 Å². The number of alkyl halides is 1. The summed E-state index contributed by atoms with van der Waals surface area (Å²) < 4.78 is 0. The van der Waals surface area contributed by atoms with E-state index in [9.17, 15) is 0 Å². The van der Waals surface area contributed by atoms with E-state index in [0.29, 0.717) is 0 Å². The average molecular weight is 208 g/mol. The first kappa shape index (κ1) is 10.7. The number of hydrogen-bond donors (Lipinski definition) is 0. The van der Waals surface area contributed by atoms with Crippen molar-refractivity contribution in [3.05, 3.63) is 0 Å². The predicted molar refractivity (Wildman–Crippen MR) is 58.3 cm³/mol. The van der Waals surface area contributed by atoms with E-state index in [4.69, 9.17) is 11.6 Å². The van der Waals surface area contributed by atoms with E-state index in [2.05, 4.69) is 4.90 Å². The number of halogens is 1. The van der Waals surface area contributed by atoms with Crippen LogP contribution in [-0.4, -0.2) is 41.9 Å². The van der Waals surface area contributed by atoms with Gasteiger partial charge in [-0.1, -0.05) is 0 Å². The van der Waals surface area contributed by atoms with Crippen molar-refractivity contribution in [3.63, 3.8) is 0 Å². The van der Waals surface area contributed by atoms with E-state index in [1.807, 2.05) is 11.8 Å². The third-order valence-corrected chi connectivity index (χ3v) is 3.49. The van der Waals surface area contributed by atoms with Crippen molar-refractivity contribution in [2.75, 3.05) is 37.0 Å². The summed E-state index contributed by atoms with van der Waals surface area (Å²) >= 11 is 7.62. The van der Waals surface area contributed by atoms with Crippen LogP contribution in [-0.2, 0) is 0 Å². The van der Waals surface area contributed by atoms with Crippen molar-refractivity contribution in [3.8, 4) is 0 Å². The van der Waals surface area contributed by atoms with Gasteiger partial charge < -0.3 is 4.90 Å². The molecule has 12 heavy (non-hydrogen) atoms. The van der Waals surface area contributed by atoms with Gasteiger partial charge in [-0.25, -0.2) is 0 Å². The van der Waals surface area contributed by atoms with E-state index < -0.39 is 0 Å². The first-order valence-corrected chi connectivity index (χ1v) is 6.48. The number of nitrogens with zero attached hydrogens (tertiary/aromatic N) is 1. The monoisotopic (exact) mass is 207 g/mol. The molecule has 0 saturated carbocycles. The lowest BCUT2D eigenvalue weighted by Crippen LogP contribution is -2.21. The SMILES string of the molecule is ClCCCSCCN1CCCC1. The van der Waals surface area contributed by atoms with Crippen molar-refractivity contribution in [1.29, 1.82) is 0 Å². The molecule has 3 heteroatoms. The summed E-state index contributed by atoms with van der Waals surface area (Å²) in [5, 5.41) is 0. The summed E-state index contributed by atoms with van der Waals surface area (Å²) in [7, 11) is 0. The van der Waals surface area contributed by atoms with Crippen molar-refractivity contribution in [2.45, 2.75) is 19.3 Å². The average Bonchev–Trinajstić information content (AvgIpc) is 2.57. The summed E-state index contributed by atoms with van der Waals surface area (Å²) in [5.41, 5.74) is 0. The highest BCUT2D eigenvalue weighted by molar-refractivity contribution is 7.99. The van der Waals surface area contributed by atoms with Gasteiger partial charge in [-0.15, -0.1) is 11.6 Å². The van der Waals surface area contributed by atoms with Gasteiger partial charge in [0, 0.05) is 18.2 Å². The molecule has 0 amide bonds. The lowest BCUT2D eigenvalue weighted by Gasteiger charge is -2.13. The Bertz CT molecular complexity index is 105. The number of rotatable bonds is 6. The van der Waals surface area contributed by atoms with E-state index in [1.54, 1.807) is 0 Å². The normalized spacial score (nSPS) is 18.8. The second-order valence-electron chi connectivity index (χ2n) is 3.20. The maximum atomic E-state index is 5.58. The quantitative estimate of drug-likeness (QED) is 0.486. The van der Waals surface area contributed by atoms with Crippen LogP contribution in [0.4, 0.5) is 0 Å². The molecular weight excluding hydrogens is 190 g/mol. The zero-order valence-corrected chi connectivity index (χ0v) is 9.17. The van der Waals surface area contributed by atoms with Gasteiger partial charge in [0.25, 0.3) is 0 Å². The molecule has 72 valence electrons. The van der Waals surface area contributed by atoms with Crippen LogP contribution in [0.3, 0.4) is 0 Å². The first-order valence-electron chi connectivity index (χ1n) is 4.79. The van der Waals surface area contributed by atoms with Crippen molar-refractivity contribution >= 4 is 23.4 Å². The predicted octanol–water partition coefficient (Wildman–Crippen LogP) is 2.44. The van der Waals surface area contributed by atoms with Crippen molar-refractivity contribution < 1.29 is 0 Å². The van der Waals surface area contributed by atoms with Gasteiger partial charge in [0.05, 0.1) is 0 Å². The third kappa shape index (κ3) is 4.58. The molecule has 1 aliphatic rings. The van der Waals surface area contributed by atoms with Gasteiger partial charge >= 0.3 is 0 Å². The van der Waals surface area contributed by atoms with Gasteiger partial charge in [-0.05, 0) is 38.1 Å². The van der Waals surface area contributed by atoms with Gasteiger partial charge in [-0.2, -0.15) is 11.8 Å². The molecule has 0 aromatic carbocycles. The van der Waals surface area contributed by atoms with Crippen LogP contribution in [0.1, 0.15) is 19.3 Å². The van der Waals surface area contributed by atoms with Crippen LogP contribution in [0.15, 0.2) is 0 Å². The Morgan fingerprint density at radius 1 is 1.17 bits per heavy atom. The Hall–Kier alpha value is 0.600. The highest BCUT2D eigenvalue weighted by Gasteiger charge is 2.09. The van der Waals surface area contributed by atoms with E-state index in [1.165, 1.54) is 44.0 Å². The molecule has 1 saturated heterocycles. The van der Waals surface area contributed by atoms with Gasteiger partial charge in [0.15, 0.2) is 0 Å². The van der Waals surface area contributed by atoms with Gasteiger partial charge in [0.2, 0.25) is 0 Å². The fourth-order valence-electron chi connectivity index (χ4n) is 1.46. The van der Waals surface area contributed by atoms with Gasteiger partial charge in [0.1, 0.15) is 0 Å². The van der Waals surface area contributed by atoms with Crippen LogP contribution in [0.2, 0.25) is 0 Å². The highest BCUT2D eigenvalue weighted by atomic mass is 35.5. The fourth-order valence-corrected chi connectivity index (χ4v) is 2.69. The molecule has 1 fully saturated rings. The minimum Gasteiger partial charge on any atom is -0.303 e. The lowest BCUT2D eigenvalue weighted by atomic mass is 10.4. The Morgan fingerprint density at radius 2 is 1.92 bits per heavy atom. The molecule has 1 rings (SSSR count). The molecule has 1 heterocycles. The Labute approximate surface area is 84.8 Å². The van der Waals surface area contributed by atoms with E-state index in [0.717, 1.165) is 12.3 Å². The molecular formula is C9H18ClNS. The largest absolute Gasteiger partial charge is 0.303 e. The van der Waals surface area contributed by atoms with Crippen LogP contribution in [0.5, 0.6) is 0 Å². The van der Waals surface area contributed by atoms with Crippen LogP contribution in [0, 0.1) is 0 Å². The Balaban J connectivity index is 1.81. The van der Waals surface area contributed by atoms with Crippen molar-refractivity contribution in [1.82, 2.24) is 4.90 Å². The van der Waals surface area contributed by atoms with Crippen LogP contribution < -0.4 is 0 Å². The molecule has 0 unspecified atom stereocenters. The minimum absolute atomic E-state index is 0.816. The summed E-state index contributed by atoms with van der Waals surface area (Å²) in [6.07, 6.45) is 3.98. The lowest BCUT2D eigenvalue weighted by molar-refractivity contribution is 0.362. The third-order valence-electron chi connectivity index (χ3n) is 2.17. The van der Waals surface area contributed by atoms with E-state index in [-0.39, 0.29) is 0 Å². The molecule has 0 bridgehead atoms. The molecule has 0 radical (unpaired) electrons. The fraction of sp³-hybridized carbons (Fsp3) is 1.00. The summed E-state index contributed by atoms with van der Waals surface area (Å²) in [5.74, 6) is 3.34. The second kappa shape index (κ2) is 7.05. The first-order chi connectivity index (χ1) is 5.93. The van der Waals surface area contributed by atoms with Gasteiger partial charge in [-0.3, -0.25) is 0 Å².